The third-order valence-electron chi connectivity index (χ3n) is 5.09. The summed E-state index contributed by atoms with van der Waals surface area (Å²) >= 11 is 0. The molecule has 2 saturated heterocycles. The summed E-state index contributed by atoms with van der Waals surface area (Å²) in [6.45, 7) is 3.76. The number of benzene rings is 1. The standard InChI is InChI=1S/C17H23FN2O4S/c1-2-20-16(21)6-9-19(13-17(20)7-10-24-11-8-17)25(22,23)15-5-3-4-14(18)12-15/h3-5,12H,2,6-11,13H2,1H3. The summed E-state index contributed by atoms with van der Waals surface area (Å²) in [5.74, 6) is -0.635. The van der Waals surface area contributed by atoms with E-state index in [1.807, 2.05) is 6.92 Å². The number of carbonyl (C=O) groups is 1. The molecule has 8 heteroatoms. The van der Waals surface area contributed by atoms with Crippen LogP contribution >= 0.6 is 0 Å². The maximum atomic E-state index is 13.5. The van der Waals surface area contributed by atoms with Gasteiger partial charge in [0.15, 0.2) is 0 Å². The number of ether oxygens (including phenoxy) is 1. The first kappa shape index (κ1) is 18.3. The van der Waals surface area contributed by atoms with Crippen molar-refractivity contribution in [3.8, 4) is 0 Å². The van der Waals surface area contributed by atoms with Gasteiger partial charge < -0.3 is 9.64 Å². The van der Waals surface area contributed by atoms with Crippen LogP contribution in [0.4, 0.5) is 4.39 Å². The molecule has 1 amide bonds. The Hall–Kier alpha value is -1.51. The molecule has 0 bridgehead atoms. The molecule has 2 aliphatic rings. The molecule has 2 heterocycles. The lowest BCUT2D eigenvalue weighted by atomic mass is 9.88. The average Bonchev–Trinajstić information content (AvgIpc) is 2.72. The summed E-state index contributed by atoms with van der Waals surface area (Å²) < 4.78 is 46.3. The molecule has 2 fully saturated rings. The molecule has 0 radical (unpaired) electrons. The van der Waals surface area contributed by atoms with Gasteiger partial charge in [-0.2, -0.15) is 4.31 Å². The quantitative estimate of drug-likeness (QED) is 0.811. The van der Waals surface area contributed by atoms with E-state index in [-0.39, 0.29) is 30.3 Å². The van der Waals surface area contributed by atoms with E-state index < -0.39 is 21.4 Å². The molecule has 25 heavy (non-hydrogen) atoms. The van der Waals surface area contributed by atoms with Gasteiger partial charge in [-0.3, -0.25) is 4.79 Å². The van der Waals surface area contributed by atoms with E-state index >= 15 is 0 Å². The molecule has 1 aromatic rings. The zero-order valence-corrected chi connectivity index (χ0v) is 15.1. The van der Waals surface area contributed by atoms with E-state index in [4.69, 9.17) is 4.74 Å². The van der Waals surface area contributed by atoms with Crippen LogP contribution in [0.1, 0.15) is 26.2 Å². The zero-order chi connectivity index (χ0) is 18.1. The predicted octanol–water partition coefficient (Wildman–Crippen LogP) is 1.62. The van der Waals surface area contributed by atoms with Crippen molar-refractivity contribution < 1.29 is 22.3 Å². The molecule has 0 aromatic heterocycles. The van der Waals surface area contributed by atoms with E-state index in [2.05, 4.69) is 0 Å². The molecule has 138 valence electrons. The summed E-state index contributed by atoms with van der Waals surface area (Å²) in [5.41, 5.74) is -0.555. The number of amides is 1. The van der Waals surface area contributed by atoms with Crippen molar-refractivity contribution in [3.63, 3.8) is 0 Å². The van der Waals surface area contributed by atoms with Gasteiger partial charge in [0.25, 0.3) is 0 Å². The Morgan fingerprint density at radius 3 is 2.64 bits per heavy atom. The largest absolute Gasteiger partial charge is 0.381 e. The van der Waals surface area contributed by atoms with Crippen LogP contribution in [-0.2, 0) is 19.6 Å². The summed E-state index contributed by atoms with van der Waals surface area (Å²) in [5, 5.41) is 0. The second-order valence-electron chi connectivity index (χ2n) is 6.52. The van der Waals surface area contributed by atoms with Crippen LogP contribution in [0.5, 0.6) is 0 Å². The van der Waals surface area contributed by atoms with E-state index in [1.165, 1.54) is 22.5 Å². The van der Waals surface area contributed by atoms with Gasteiger partial charge in [0.1, 0.15) is 5.82 Å². The Morgan fingerprint density at radius 1 is 1.28 bits per heavy atom. The summed E-state index contributed by atoms with van der Waals surface area (Å²) in [4.78, 5) is 14.3. The maximum absolute atomic E-state index is 13.5. The minimum absolute atomic E-state index is 0.0404. The van der Waals surface area contributed by atoms with Gasteiger partial charge in [-0.25, -0.2) is 12.8 Å². The van der Waals surface area contributed by atoms with Gasteiger partial charge in [0, 0.05) is 39.3 Å². The Bertz CT molecular complexity index is 747. The topological polar surface area (TPSA) is 66.9 Å². The van der Waals surface area contributed by atoms with Crippen LogP contribution in [0.25, 0.3) is 0 Å². The molecule has 0 aliphatic carbocycles. The van der Waals surface area contributed by atoms with Crippen molar-refractivity contribution >= 4 is 15.9 Å². The highest BCUT2D eigenvalue weighted by Gasteiger charge is 2.46. The van der Waals surface area contributed by atoms with Gasteiger partial charge in [-0.15, -0.1) is 0 Å². The number of hydrogen-bond acceptors (Lipinski definition) is 4. The highest BCUT2D eigenvalue weighted by molar-refractivity contribution is 7.89. The molecule has 6 nitrogen and oxygen atoms in total. The Labute approximate surface area is 147 Å². The van der Waals surface area contributed by atoms with E-state index in [0.717, 1.165) is 6.07 Å². The van der Waals surface area contributed by atoms with Gasteiger partial charge in [-0.1, -0.05) is 6.07 Å². The first-order valence-electron chi connectivity index (χ1n) is 8.53. The zero-order valence-electron chi connectivity index (χ0n) is 14.3. The number of carbonyl (C=O) groups excluding carboxylic acids is 1. The van der Waals surface area contributed by atoms with Crippen LogP contribution in [0.3, 0.4) is 0 Å². The molecule has 2 aliphatic heterocycles. The minimum Gasteiger partial charge on any atom is -0.381 e. The van der Waals surface area contributed by atoms with Crippen molar-refractivity contribution in [3.05, 3.63) is 30.1 Å². The second-order valence-corrected chi connectivity index (χ2v) is 8.46. The van der Waals surface area contributed by atoms with Crippen molar-refractivity contribution in [2.45, 2.75) is 36.6 Å². The first-order valence-corrected chi connectivity index (χ1v) is 9.97. The van der Waals surface area contributed by atoms with Gasteiger partial charge >= 0.3 is 0 Å². The Balaban J connectivity index is 1.98. The average molecular weight is 370 g/mol. The smallest absolute Gasteiger partial charge is 0.243 e. The third-order valence-corrected chi connectivity index (χ3v) is 6.93. The van der Waals surface area contributed by atoms with Crippen molar-refractivity contribution in [2.24, 2.45) is 0 Å². The molecule has 1 spiro atoms. The van der Waals surface area contributed by atoms with E-state index in [0.29, 0.717) is 32.6 Å². The molecule has 0 unspecified atom stereocenters. The van der Waals surface area contributed by atoms with Gasteiger partial charge in [0.05, 0.1) is 10.4 Å². The summed E-state index contributed by atoms with van der Waals surface area (Å²) in [7, 11) is -3.86. The first-order chi connectivity index (χ1) is 11.9. The van der Waals surface area contributed by atoms with E-state index in [9.17, 15) is 17.6 Å². The molecule has 1 aromatic carbocycles. The Morgan fingerprint density at radius 2 is 2.00 bits per heavy atom. The molecule has 0 N–H and O–H groups in total. The molecule has 0 atom stereocenters. The highest BCUT2D eigenvalue weighted by Crippen LogP contribution is 2.34. The number of rotatable bonds is 3. The lowest BCUT2D eigenvalue weighted by Gasteiger charge is -2.46. The fourth-order valence-electron chi connectivity index (χ4n) is 3.79. The fourth-order valence-corrected chi connectivity index (χ4v) is 5.34. The predicted molar refractivity (Wildman–Crippen MR) is 89.9 cm³/mol. The van der Waals surface area contributed by atoms with Crippen LogP contribution in [0.2, 0.25) is 0 Å². The third kappa shape index (κ3) is 3.43. The number of sulfonamides is 1. The minimum atomic E-state index is -3.86. The highest BCUT2D eigenvalue weighted by atomic mass is 32.2. The van der Waals surface area contributed by atoms with Crippen LogP contribution in [-0.4, -0.2) is 61.9 Å². The lowest BCUT2D eigenvalue weighted by Crippen LogP contribution is -2.58. The van der Waals surface area contributed by atoms with Crippen LogP contribution < -0.4 is 0 Å². The molecule has 0 saturated carbocycles. The van der Waals surface area contributed by atoms with Crippen LogP contribution in [0.15, 0.2) is 29.2 Å². The second kappa shape index (κ2) is 7.01. The Kier molecular flexibility index (Phi) is 5.13. The van der Waals surface area contributed by atoms with Crippen molar-refractivity contribution in [1.29, 1.82) is 0 Å². The fraction of sp³-hybridized carbons (Fsp3) is 0.588. The van der Waals surface area contributed by atoms with E-state index in [1.54, 1.807) is 4.90 Å². The monoisotopic (exact) mass is 370 g/mol. The van der Waals surface area contributed by atoms with Crippen LogP contribution in [0, 0.1) is 5.82 Å². The SMILES string of the molecule is CCN1C(=O)CCN(S(=O)(=O)c2cccc(F)c2)CC12CCOCC2. The summed E-state index contributed by atoms with van der Waals surface area (Å²) in [6.07, 6.45) is 1.33. The summed E-state index contributed by atoms with van der Waals surface area (Å²) in [6, 6.07) is 5.01. The van der Waals surface area contributed by atoms with Crippen molar-refractivity contribution in [2.75, 3.05) is 32.8 Å². The lowest BCUT2D eigenvalue weighted by molar-refractivity contribution is -0.139. The number of hydrogen-bond donors (Lipinski definition) is 0. The van der Waals surface area contributed by atoms with Gasteiger partial charge in [-0.05, 0) is 38.0 Å². The molecular formula is C17H23FN2O4S. The number of likely N-dealkylation sites (N-methyl/N-ethyl adjacent to an activating group) is 1. The van der Waals surface area contributed by atoms with Gasteiger partial charge in [0.2, 0.25) is 15.9 Å². The maximum Gasteiger partial charge on any atom is 0.243 e. The normalized spacial score (nSPS) is 22.2. The van der Waals surface area contributed by atoms with Crippen molar-refractivity contribution in [1.82, 2.24) is 9.21 Å². The number of nitrogens with zero attached hydrogens (tertiary/aromatic N) is 2. The number of halogens is 1. The molecular weight excluding hydrogens is 347 g/mol. The molecule has 3 rings (SSSR count).